The van der Waals surface area contributed by atoms with Gasteiger partial charge in [0.15, 0.2) is 0 Å². The molecule has 0 bridgehead atoms. The fourth-order valence-corrected chi connectivity index (χ4v) is 2.72. The Morgan fingerprint density at radius 2 is 2.04 bits per heavy atom. The van der Waals surface area contributed by atoms with E-state index in [1.807, 2.05) is 48.5 Å². The Hall–Kier alpha value is -3.94. The number of rotatable bonds is 6. The lowest BCUT2D eigenvalue weighted by atomic mass is 10.1. The number of methoxy groups -OCH3 is 1. The van der Waals surface area contributed by atoms with Crippen molar-refractivity contribution in [3.05, 3.63) is 78.6 Å². The molecule has 140 valence electrons. The first-order valence-electron chi connectivity index (χ1n) is 8.55. The van der Waals surface area contributed by atoms with Crippen LogP contribution in [-0.4, -0.2) is 32.9 Å². The van der Waals surface area contributed by atoms with Crippen molar-refractivity contribution in [1.82, 2.24) is 19.9 Å². The molecule has 2 heterocycles. The highest BCUT2D eigenvalue weighted by Gasteiger charge is 2.14. The number of ether oxygens (including phenoxy) is 1. The number of anilines is 1. The number of hydrogen-bond donors (Lipinski definition) is 1. The van der Waals surface area contributed by atoms with Gasteiger partial charge in [0.1, 0.15) is 24.1 Å². The number of amides is 1. The van der Waals surface area contributed by atoms with Crippen LogP contribution in [0.2, 0.25) is 0 Å². The predicted molar refractivity (Wildman–Crippen MR) is 102 cm³/mol. The van der Waals surface area contributed by atoms with Crippen LogP contribution in [-0.2, 0) is 6.54 Å². The van der Waals surface area contributed by atoms with Crippen LogP contribution in [0.1, 0.15) is 16.1 Å². The molecule has 8 heteroatoms. The number of nitrogens with zero attached hydrogens (tertiary/aromatic N) is 4. The Labute approximate surface area is 160 Å². The average molecular weight is 375 g/mol. The van der Waals surface area contributed by atoms with Gasteiger partial charge < -0.3 is 14.6 Å². The summed E-state index contributed by atoms with van der Waals surface area (Å²) < 4.78 is 12.1. The normalized spacial score (nSPS) is 10.6. The van der Waals surface area contributed by atoms with Gasteiger partial charge in [-0.15, -0.1) is 0 Å². The van der Waals surface area contributed by atoms with Crippen molar-refractivity contribution in [3.8, 4) is 17.0 Å². The third-order valence-corrected chi connectivity index (χ3v) is 4.12. The van der Waals surface area contributed by atoms with E-state index in [1.54, 1.807) is 24.2 Å². The minimum absolute atomic E-state index is 0.132. The molecule has 0 radical (unpaired) electrons. The van der Waals surface area contributed by atoms with E-state index in [-0.39, 0.29) is 11.7 Å². The number of aromatic nitrogens is 4. The van der Waals surface area contributed by atoms with Crippen molar-refractivity contribution in [2.45, 2.75) is 6.54 Å². The summed E-state index contributed by atoms with van der Waals surface area (Å²) in [7, 11) is 1.61. The highest BCUT2D eigenvalue weighted by Crippen LogP contribution is 2.22. The van der Waals surface area contributed by atoms with Crippen molar-refractivity contribution in [3.63, 3.8) is 0 Å². The molecule has 28 heavy (non-hydrogen) atoms. The van der Waals surface area contributed by atoms with Gasteiger partial charge in [-0.25, -0.2) is 9.67 Å². The average Bonchev–Trinajstić information content (AvgIpc) is 3.40. The molecule has 0 aliphatic heterocycles. The molecule has 0 aliphatic rings. The van der Waals surface area contributed by atoms with Crippen LogP contribution >= 0.6 is 0 Å². The molecule has 0 saturated heterocycles. The zero-order valence-corrected chi connectivity index (χ0v) is 15.1. The quantitative estimate of drug-likeness (QED) is 0.556. The molecule has 0 fully saturated rings. The molecule has 0 spiro atoms. The number of benzene rings is 2. The molecule has 0 atom stereocenters. The van der Waals surface area contributed by atoms with E-state index >= 15 is 0 Å². The molecule has 0 aliphatic carbocycles. The monoisotopic (exact) mass is 375 g/mol. The maximum absolute atomic E-state index is 12.5. The van der Waals surface area contributed by atoms with Crippen LogP contribution in [0, 0.1) is 0 Å². The first-order chi connectivity index (χ1) is 13.7. The lowest BCUT2D eigenvalue weighted by Crippen LogP contribution is -2.11. The summed E-state index contributed by atoms with van der Waals surface area (Å²) in [6, 6.07) is 16.5. The van der Waals surface area contributed by atoms with Crippen molar-refractivity contribution in [2.75, 3.05) is 12.4 Å². The smallest absolute Gasteiger partial charge is 0.294 e. The van der Waals surface area contributed by atoms with Gasteiger partial charge in [-0.1, -0.05) is 17.3 Å². The van der Waals surface area contributed by atoms with Crippen LogP contribution in [0.15, 0.2) is 71.8 Å². The third-order valence-electron chi connectivity index (χ3n) is 4.12. The van der Waals surface area contributed by atoms with E-state index in [0.29, 0.717) is 17.9 Å². The Bertz CT molecular complexity index is 1070. The first kappa shape index (κ1) is 17.5. The van der Waals surface area contributed by atoms with E-state index in [2.05, 4.69) is 20.6 Å². The lowest BCUT2D eigenvalue weighted by Gasteiger charge is -2.06. The fourth-order valence-electron chi connectivity index (χ4n) is 2.72. The number of carbonyl (C=O) groups is 1. The van der Waals surface area contributed by atoms with Crippen molar-refractivity contribution >= 4 is 11.6 Å². The maximum Gasteiger partial charge on any atom is 0.294 e. The second-order valence-electron chi connectivity index (χ2n) is 6.05. The minimum Gasteiger partial charge on any atom is -0.497 e. The summed E-state index contributed by atoms with van der Waals surface area (Å²) in [4.78, 5) is 16.4. The molecule has 4 aromatic rings. The Kier molecular flexibility index (Phi) is 4.83. The van der Waals surface area contributed by atoms with Crippen molar-refractivity contribution in [1.29, 1.82) is 0 Å². The van der Waals surface area contributed by atoms with Crippen molar-refractivity contribution in [2.24, 2.45) is 0 Å². The van der Waals surface area contributed by atoms with E-state index in [1.165, 1.54) is 6.33 Å². The molecule has 2 aromatic heterocycles. The minimum atomic E-state index is -0.370. The van der Waals surface area contributed by atoms with Crippen molar-refractivity contribution < 1.29 is 14.1 Å². The van der Waals surface area contributed by atoms with Crippen LogP contribution < -0.4 is 10.1 Å². The van der Waals surface area contributed by atoms with E-state index in [9.17, 15) is 4.79 Å². The molecule has 1 amide bonds. The fraction of sp³-hybridized carbons (Fsp3) is 0.100. The zero-order chi connectivity index (χ0) is 19.3. The summed E-state index contributed by atoms with van der Waals surface area (Å²) in [5.41, 5.74) is 3.05. The summed E-state index contributed by atoms with van der Waals surface area (Å²) >= 11 is 0. The zero-order valence-electron chi connectivity index (χ0n) is 15.1. The van der Waals surface area contributed by atoms with Gasteiger partial charge in [-0.3, -0.25) is 4.79 Å². The standard InChI is InChI=1S/C20H17N5O3/c1-27-17-7-5-15(6-8-17)18-10-19(28-24-18)20(26)23-16-4-2-3-14(9-16)11-25-13-21-12-22-25/h2-10,12-13H,11H2,1H3,(H,23,26). The molecular weight excluding hydrogens is 358 g/mol. The second kappa shape index (κ2) is 7.75. The van der Waals surface area contributed by atoms with Crippen LogP contribution in [0.5, 0.6) is 5.75 Å². The highest BCUT2D eigenvalue weighted by molar-refractivity contribution is 6.02. The van der Waals surface area contributed by atoms with Gasteiger partial charge in [0.2, 0.25) is 5.76 Å². The van der Waals surface area contributed by atoms with Gasteiger partial charge in [0.25, 0.3) is 5.91 Å². The van der Waals surface area contributed by atoms with E-state index < -0.39 is 0 Å². The number of nitrogens with one attached hydrogen (secondary N) is 1. The second-order valence-corrected chi connectivity index (χ2v) is 6.05. The summed E-state index contributed by atoms with van der Waals surface area (Å²) in [6.45, 7) is 0.563. The van der Waals surface area contributed by atoms with Gasteiger partial charge in [0, 0.05) is 17.3 Å². The van der Waals surface area contributed by atoms with Crippen LogP contribution in [0.3, 0.4) is 0 Å². The van der Waals surface area contributed by atoms with Crippen LogP contribution in [0.25, 0.3) is 11.3 Å². The third kappa shape index (κ3) is 3.90. The maximum atomic E-state index is 12.5. The molecular formula is C20H17N5O3. The Morgan fingerprint density at radius 1 is 1.18 bits per heavy atom. The lowest BCUT2D eigenvalue weighted by molar-refractivity contribution is 0.0988. The number of carbonyl (C=O) groups excluding carboxylic acids is 1. The first-order valence-corrected chi connectivity index (χ1v) is 8.55. The Morgan fingerprint density at radius 3 is 2.79 bits per heavy atom. The number of hydrogen-bond acceptors (Lipinski definition) is 6. The highest BCUT2D eigenvalue weighted by atomic mass is 16.5. The topological polar surface area (TPSA) is 95.1 Å². The molecule has 0 saturated carbocycles. The van der Waals surface area contributed by atoms with Gasteiger partial charge in [0.05, 0.1) is 13.7 Å². The van der Waals surface area contributed by atoms with Gasteiger partial charge in [-0.2, -0.15) is 5.10 Å². The predicted octanol–water partition coefficient (Wildman–Crippen LogP) is 3.24. The molecule has 1 N–H and O–H groups in total. The largest absolute Gasteiger partial charge is 0.497 e. The van der Waals surface area contributed by atoms with Crippen LogP contribution in [0.4, 0.5) is 5.69 Å². The summed E-state index contributed by atoms with van der Waals surface area (Å²) in [5, 5.41) is 10.9. The molecule has 2 aromatic carbocycles. The van der Waals surface area contributed by atoms with Gasteiger partial charge >= 0.3 is 0 Å². The molecule has 8 nitrogen and oxygen atoms in total. The SMILES string of the molecule is COc1ccc(-c2cc(C(=O)Nc3cccc(Cn4cncn4)c3)on2)cc1. The van der Waals surface area contributed by atoms with E-state index in [0.717, 1.165) is 16.9 Å². The van der Waals surface area contributed by atoms with Gasteiger partial charge in [-0.05, 0) is 42.0 Å². The molecule has 0 unspecified atom stereocenters. The van der Waals surface area contributed by atoms with E-state index in [4.69, 9.17) is 9.26 Å². The summed E-state index contributed by atoms with van der Waals surface area (Å²) in [6.07, 6.45) is 3.12. The Balaban J connectivity index is 1.46. The molecule has 4 rings (SSSR count). The summed E-state index contributed by atoms with van der Waals surface area (Å²) in [5.74, 6) is 0.508.